The second-order valence-corrected chi connectivity index (χ2v) is 7.68. The van der Waals surface area contributed by atoms with Crippen LogP contribution in [0, 0.1) is 0 Å². The Labute approximate surface area is 207 Å². The predicted molar refractivity (Wildman–Crippen MR) is 119 cm³/mol. The van der Waals surface area contributed by atoms with E-state index in [-0.39, 0.29) is 71.3 Å². The van der Waals surface area contributed by atoms with Crippen molar-refractivity contribution in [3.63, 3.8) is 0 Å². The van der Waals surface area contributed by atoms with Crippen LogP contribution >= 0.6 is 0 Å². The summed E-state index contributed by atoms with van der Waals surface area (Å²) in [6.45, 7) is 1.77. The second-order valence-electron chi connectivity index (χ2n) is 7.68. The predicted octanol–water partition coefficient (Wildman–Crippen LogP) is -1.91. The number of aliphatic carboxylic acids is 1. The third-order valence-corrected chi connectivity index (χ3v) is 5.11. The number of nitrogens with zero attached hydrogens (tertiary/aromatic N) is 2. The zero-order valence-electron chi connectivity index (χ0n) is 19.8. The highest BCUT2D eigenvalue weighted by Crippen LogP contribution is 2.16. The Balaban J connectivity index is 1.36. The van der Waals surface area contributed by atoms with Gasteiger partial charge < -0.3 is 29.4 Å². The van der Waals surface area contributed by atoms with Gasteiger partial charge in [-0.2, -0.15) is 0 Å². The monoisotopic (exact) mass is 513 g/mol. The first kappa shape index (κ1) is 29.0. The number of carboxylic acid groups (broad SMARTS) is 1. The van der Waals surface area contributed by atoms with Gasteiger partial charge in [0.05, 0.1) is 52.9 Å². The van der Waals surface area contributed by atoms with Gasteiger partial charge in [0.1, 0.15) is 0 Å². The van der Waals surface area contributed by atoms with Gasteiger partial charge in [-0.25, -0.2) is 4.79 Å². The largest absolute Gasteiger partial charge is 0.480 e. The van der Waals surface area contributed by atoms with E-state index in [0.717, 1.165) is 9.80 Å². The van der Waals surface area contributed by atoms with E-state index in [4.69, 9.17) is 18.9 Å². The number of imide groups is 2. The van der Waals surface area contributed by atoms with Crippen LogP contribution in [-0.2, 0) is 47.7 Å². The molecule has 2 N–H and O–H groups in total. The topological polar surface area (TPSA) is 178 Å². The van der Waals surface area contributed by atoms with Crippen LogP contribution in [0.2, 0.25) is 0 Å². The molecule has 2 heterocycles. The maximum atomic E-state index is 11.7. The summed E-state index contributed by atoms with van der Waals surface area (Å²) < 4.78 is 21.2. The van der Waals surface area contributed by atoms with Crippen LogP contribution in [-0.4, -0.2) is 122 Å². The Morgan fingerprint density at radius 1 is 0.833 bits per heavy atom. The first-order valence-corrected chi connectivity index (χ1v) is 11.5. The molecule has 200 valence electrons. The van der Waals surface area contributed by atoms with E-state index in [0.29, 0.717) is 19.8 Å². The third-order valence-electron chi connectivity index (χ3n) is 5.11. The molecule has 1 atom stereocenters. The van der Waals surface area contributed by atoms with Crippen molar-refractivity contribution in [3.05, 3.63) is 12.2 Å². The van der Waals surface area contributed by atoms with E-state index in [2.05, 4.69) is 5.32 Å². The molecule has 36 heavy (non-hydrogen) atoms. The number of rotatable bonds is 19. The molecule has 0 radical (unpaired) electrons. The van der Waals surface area contributed by atoms with Crippen molar-refractivity contribution in [2.45, 2.75) is 25.3 Å². The van der Waals surface area contributed by atoms with Crippen molar-refractivity contribution in [1.29, 1.82) is 0 Å². The third kappa shape index (κ3) is 9.81. The van der Waals surface area contributed by atoms with Crippen molar-refractivity contribution in [3.8, 4) is 0 Å². The molecule has 0 aromatic carbocycles. The molecule has 2 aliphatic heterocycles. The minimum absolute atomic E-state index is 0.0126. The number of carboxylic acids is 1. The fourth-order valence-corrected chi connectivity index (χ4v) is 3.27. The Bertz CT molecular complexity index is 811. The Hall–Kier alpha value is -3.20. The molecule has 0 aromatic heterocycles. The van der Waals surface area contributed by atoms with E-state index in [1.165, 1.54) is 12.2 Å². The molecule has 2 rings (SSSR count). The summed E-state index contributed by atoms with van der Waals surface area (Å²) in [5.41, 5.74) is 0. The van der Waals surface area contributed by atoms with E-state index in [1.807, 2.05) is 0 Å². The van der Waals surface area contributed by atoms with Crippen LogP contribution in [0.3, 0.4) is 0 Å². The number of nitrogens with one attached hydrogen (secondary N) is 1. The minimum Gasteiger partial charge on any atom is -0.480 e. The van der Waals surface area contributed by atoms with Crippen LogP contribution in [0.1, 0.15) is 19.3 Å². The normalized spacial score (nSPS) is 16.3. The molecule has 0 saturated carbocycles. The number of amides is 5. The molecule has 0 bridgehead atoms. The Morgan fingerprint density at radius 2 is 1.33 bits per heavy atom. The molecule has 5 amide bonds. The maximum absolute atomic E-state index is 11.7. The van der Waals surface area contributed by atoms with Gasteiger partial charge in [0.25, 0.3) is 11.8 Å². The molecule has 14 nitrogen and oxygen atoms in total. The molecule has 2 aliphatic rings. The highest BCUT2D eigenvalue weighted by Gasteiger charge is 2.38. The lowest BCUT2D eigenvalue weighted by molar-refractivity contribution is -0.157. The summed E-state index contributed by atoms with van der Waals surface area (Å²) in [5.74, 6) is -3.46. The molecule has 1 saturated heterocycles. The van der Waals surface area contributed by atoms with Gasteiger partial charge in [-0.05, 0) is 0 Å². The van der Waals surface area contributed by atoms with Crippen LogP contribution in [0.4, 0.5) is 0 Å². The lowest BCUT2D eigenvalue weighted by Crippen LogP contribution is -2.47. The minimum atomic E-state index is -1.34. The first-order valence-electron chi connectivity index (χ1n) is 11.5. The Kier molecular flexibility index (Phi) is 12.7. The maximum Gasteiger partial charge on any atom is 0.329 e. The van der Waals surface area contributed by atoms with Crippen LogP contribution < -0.4 is 5.32 Å². The lowest BCUT2D eigenvalue weighted by Gasteiger charge is -2.22. The van der Waals surface area contributed by atoms with E-state index >= 15 is 0 Å². The zero-order valence-corrected chi connectivity index (χ0v) is 19.8. The second kappa shape index (κ2) is 15.7. The summed E-state index contributed by atoms with van der Waals surface area (Å²) in [7, 11) is 0. The molecule has 0 aromatic rings. The van der Waals surface area contributed by atoms with Crippen LogP contribution in [0.15, 0.2) is 12.2 Å². The highest BCUT2D eigenvalue weighted by molar-refractivity contribution is 6.13. The van der Waals surface area contributed by atoms with Gasteiger partial charge >= 0.3 is 5.97 Å². The number of hydrogen-bond acceptors (Lipinski definition) is 10. The van der Waals surface area contributed by atoms with Crippen molar-refractivity contribution in [2.24, 2.45) is 0 Å². The van der Waals surface area contributed by atoms with E-state index in [1.54, 1.807) is 0 Å². The van der Waals surface area contributed by atoms with Crippen molar-refractivity contribution in [1.82, 2.24) is 15.1 Å². The summed E-state index contributed by atoms with van der Waals surface area (Å²) in [4.78, 5) is 70.9. The number of ether oxygens (including phenoxy) is 4. The standard InChI is InChI=1S/C22H31N3O11/c26-17(5-7-24-18(27)1-2-19(24)28)23-6-8-33-9-10-34-11-12-35-13-14-36-15-16(22(31)32)25-20(29)3-4-21(25)30/h1-2,16H,3-15H2,(H,23,26)(H,31,32). The van der Waals surface area contributed by atoms with E-state index in [9.17, 15) is 33.9 Å². The van der Waals surface area contributed by atoms with Crippen molar-refractivity contribution < 1.29 is 52.8 Å². The summed E-state index contributed by atoms with van der Waals surface area (Å²) in [6, 6.07) is -1.34. The van der Waals surface area contributed by atoms with E-state index < -0.39 is 35.6 Å². The van der Waals surface area contributed by atoms with Gasteiger partial charge in [0.15, 0.2) is 6.04 Å². The highest BCUT2D eigenvalue weighted by atomic mass is 16.6. The van der Waals surface area contributed by atoms with Gasteiger partial charge in [-0.15, -0.1) is 0 Å². The SMILES string of the molecule is O=C(CCN1C(=O)C=CC1=O)NCCOCCOCCOCCOCC(C(=O)O)N1C(=O)CCC1=O. The number of carbonyl (C=O) groups is 6. The lowest BCUT2D eigenvalue weighted by atomic mass is 10.3. The molecular weight excluding hydrogens is 482 g/mol. The van der Waals surface area contributed by atoms with Gasteiger partial charge in [0, 0.05) is 44.5 Å². The zero-order chi connectivity index (χ0) is 26.3. The molecule has 1 fully saturated rings. The molecule has 0 spiro atoms. The molecular formula is C22H31N3O11. The van der Waals surface area contributed by atoms with Gasteiger partial charge in [0.2, 0.25) is 17.7 Å². The van der Waals surface area contributed by atoms with Crippen molar-refractivity contribution in [2.75, 3.05) is 65.9 Å². The van der Waals surface area contributed by atoms with Crippen LogP contribution in [0.25, 0.3) is 0 Å². The number of hydrogen-bond donors (Lipinski definition) is 2. The number of carbonyl (C=O) groups excluding carboxylic acids is 5. The quantitative estimate of drug-likeness (QED) is 0.145. The van der Waals surface area contributed by atoms with Gasteiger partial charge in [-0.1, -0.05) is 0 Å². The summed E-state index contributed by atoms with van der Waals surface area (Å²) in [6.07, 6.45) is 2.38. The smallest absolute Gasteiger partial charge is 0.329 e. The fourth-order valence-electron chi connectivity index (χ4n) is 3.27. The van der Waals surface area contributed by atoms with Crippen molar-refractivity contribution >= 4 is 35.5 Å². The summed E-state index contributed by atoms with van der Waals surface area (Å²) in [5, 5.41) is 11.9. The molecule has 14 heteroatoms. The first-order chi connectivity index (χ1) is 17.3. The Morgan fingerprint density at radius 3 is 1.86 bits per heavy atom. The number of likely N-dealkylation sites (tertiary alicyclic amines) is 1. The average molecular weight is 514 g/mol. The summed E-state index contributed by atoms with van der Waals surface area (Å²) >= 11 is 0. The average Bonchev–Trinajstić information content (AvgIpc) is 3.34. The van der Waals surface area contributed by atoms with Crippen LogP contribution in [0.5, 0.6) is 0 Å². The molecule has 1 unspecified atom stereocenters. The molecule has 0 aliphatic carbocycles. The fraction of sp³-hybridized carbons (Fsp3) is 0.636. The van der Waals surface area contributed by atoms with Gasteiger partial charge in [-0.3, -0.25) is 33.8 Å².